The molecule has 1 aromatic rings. The summed E-state index contributed by atoms with van der Waals surface area (Å²) in [5.74, 6) is 1.65. The maximum Gasteiger partial charge on any atom is 0.191 e. The van der Waals surface area contributed by atoms with Gasteiger partial charge >= 0.3 is 0 Å². The molecule has 0 spiro atoms. The van der Waals surface area contributed by atoms with Crippen molar-refractivity contribution in [1.29, 1.82) is 0 Å². The van der Waals surface area contributed by atoms with Gasteiger partial charge in [-0.2, -0.15) is 0 Å². The van der Waals surface area contributed by atoms with E-state index in [4.69, 9.17) is 4.99 Å². The molecule has 23 heavy (non-hydrogen) atoms. The zero-order chi connectivity index (χ0) is 15.8. The number of benzene rings is 1. The second-order valence-electron chi connectivity index (χ2n) is 6.27. The summed E-state index contributed by atoms with van der Waals surface area (Å²) in [6.07, 6.45) is 2.62. The molecule has 1 heterocycles. The third-order valence-electron chi connectivity index (χ3n) is 4.29. The van der Waals surface area contributed by atoms with Crippen molar-refractivity contribution < 1.29 is 0 Å². The number of hydrogen-bond donors (Lipinski definition) is 2. The zero-order valence-electron chi connectivity index (χ0n) is 14.6. The van der Waals surface area contributed by atoms with Gasteiger partial charge in [0.05, 0.1) is 6.54 Å². The Hall–Kier alpha value is -0.820. The van der Waals surface area contributed by atoms with Gasteiger partial charge in [-0.15, -0.1) is 24.0 Å². The van der Waals surface area contributed by atoms with E-state index in [2.05, 4.69) is 60.7 Å². The third-order valence-corrected chi connectivity index (χ3v) is 4.29. The SMILES string of the molecule is CCNC(=NCc1ccccc1C)NCC1CCCN(C)C1.I. The number of halogens is 1. The topological polar surface area (TPSA) is 39.7 Å². The van der Waals surface area contributed by atoms with Crippen LogP contribution in [0.3, 0.4) is 0 Å². The van der Waals surface area contributed by atoms with Crippen molar-refractivity contribution in [3.63, 3.8) is 0 Å². The number of nitrogens with one attached hydrogen (secondary N) is 2. The number of guanidine groups is 1. The Morgan fingerprint density at radius 3 is 2.78 bits per heavy atom. The molecule has 1 fully saturated rings. The quantitative estimate of drug-likeness (QED) is 0.429. The summed E-state index contributed by atoms with van der Waals surface area (Å²) >= 11 is 0. The number of nitrogens with zero attached hydrogens (tertiary/aromatic N) is 2. The van der Waals surface area contributed by atoms with Crippen LogP contribution in [0.25, 0.3) is 0 Å². The average molecular weight is 430 g/mol. The molecule has 1 unspecified atom stereocenters. The van der Waals surface area contributed by atoms with E-state index in [1.807, 2.05) is 0 Å². The van der Waals surface area contributed by atoms with Crippen molar-refractivity contribution in [2.45, 2.75) is 33.2 Å². The second kappa shape index (κ2) is 10.9. The average Bonchev–Trinajstić information content (AvgIpc) is 2.51. The Morgan fingerprint density at radius 2 is 2.09 bits per heavy atom. The maximum atomic E-state index is 4.73. The largest absolute Gasteiger partial charge is 0.357 e. The lowest BCUT2D eigenvalue weighted by Crippen LogP contribution is -2.43. The molecule has 0 aliphatic carbocycles. The Morgan fingerprint density at radius 1 is 1.30 bits per heavy atom. The maximum absolute atomic E-state index is 4.73. The Kier molecular flexibility index (Phi) is 9.55. The van der Waals surface area contributed by atoms with Gasteiger partial charge in [0.25, 0.3) is 0 Å². The van der Waals surface area contributed by atoms with Gasteiger partial charge in [0.15, 0.2) is 5.96 Å². The van der Waals surface area contributed by atoms with E-state index in [1.165, 1.54) is 37.1 Å². The van der Waals surface area contributed by atoms with Crippen molar-refractivity contribution in [1.82, 2.24) is 15.5 Å². The third kappa shape index (κ3) is 7.08. The molecular formula is C18H31IN4. The fraction of sp³-hybridized carbons (Fsp3) is 0.611. The summed E-state index contributed by atoms with van der Waals surface area (Å²) in [6, 6.07) is 8.45. The first-order chi connectivity index (χ1) is 10.7. The molecule has 0 aromatic heterocycles. The van der Waals surface area contributed by atoms with Gasteiger partial charge in [0.2, 0.25) is 0 Å². The van der Waals surface area contributed by atoms with Crippen molar-refractivity contribution in [3.05, 3.63) is 35.4 Å². The fourth-order valence-electron chi connectivity index (χ4n) is 2.97. The summed E-state index contributed by atoms with van der Waals surface area (Å²) in [7, 11) is 2.21. The van der Waals surface area contributed by atoms with E-state index in [9.17, 15) is 0 Å². The van der Waals surface area contributed by atoms with Crippen molar-refractivity contribution >= 4 is 29.9 Å². The van der Waals surface area contributed by atoms with Crippen LogP contribution in [0.1, 0.15) is 30.9 Å². The molecular weight excluding hydrogens is 399 g/mol. The van der Waals surface area contributed by atoms with E-state index in [0.29, 0.717) is 0 Å². The number of piperidine rings is 1. The second-order valence-corrected chi connectivity index (χ2v) is 6.27. The molecule has 1 aliphatic heterocycles. The van der Waals surface area contributed by atoms with Gasteiger partial charge in [-0.25, -0.2) is 4.99 Å². The van der Waals surface area contributed by atoms with Gasteiger partial charge in [-0.3, -0.25) is 0 Å². The van der Waals surface area contributed by atoms with Gasteiger partial charge in [-0.05, 0) is 57.3 Å². The zero-order valence-corrected chi connectivity index (χ0v) is 17.0. The minimum Gasteiger partial charge on any atom is -0.357 e. The van der Waals surface area contributed by atoms with E-state index in [1.54, 1.807) is 0 Å². The molecule has 0 amide bonds. The summed E-state index contributed by atoms with van der Waals surface area (Å²) in [5.41, 5.74) is 2.59. The van der Waals surface area contributed by atoms with Crippen molar-refractivity contribution in [2.24, 2.45) is 10.9 Å². The lowest BCUT2D eigenvalue weighted by Gasteiger charge is -2.30. The molecule has 0 bridgehead atoms. The lowest BCUT2D eigenvalue weighted by molar-refractivity contribution is 0.210. The van der Waals surface area contributed by atoms with E-state index in [0.717, 1.165) is 31.5 Å². The number of likely N-dealkylation sites (tertiary alicyclic amines) is 1. The molecule has 0 radical (unpaired) electrons. The molecule has 1 atom stereocenters. The minimum absolute atomic E-state index is 0. The van der Waals surface area contributed by atoms with Crippen LogP contribution in [0, 0.1) is 12.8 Å². The smallest absolute Gasteiger partial charge is 0.191 e. The normalized spacial score (nSPS) is 19.1. The highest BCUT2D eigenvalue weighted by Crippen LogP contribution is 2.14. The predicted molar refractivity (Wildman–Crippen MR) is 110 cm³/mol. The Bertz CT molecular complexity index is 490. The van der Waals surface area contributed by atoms with Crippen LogP contribution in [0.4, 0.5) is 0 Å². The van der Waals surface area contributed by atoms with E-state index in [-0.39, 0.29) is 24.0 Å². The summed E-state index contributed by atoms with van der Waals surface area (Å²) in [5, 5.41) is 6.86. The van der Waals surface area contributed by atoms with Crippen LogP contribution in [0.15, 0.2) is 29.3 Å². The molecule has 4 nitrogen and oxygen atoms in total. The summed E-state index contributed by atoms with van der Waals surface area (Å²) in [6.45, 7) is 9.30. The highest BCUT2D eigenvalue weighted by atomic mass is 127. The molecule has 0 saturated carbocycles. The van der Waals surface area contributed by atoms with Gasteiger partial charge in [0, 0.05) is 19.6 Å². The summed E-state index contributed by atoms with van der Waals surface area (Å²) in [4.78, 5) is 7.15. The number of hydrogen-bond acceptors (Lipinski definition) is 2. The van der Waals surface area contributed by atoms with Gasteiger partial charge in [0.1, 0.15) is 0 Å². The molecule has 2 N–H and O–H groups in total. The fourth-order valence-corrected chi connectivity index (χ4v) is 2.97. The first-order valence-corrected chi connectivity index (χ1v) is 8.44. The van der Waals surface area contributed by atoms with Gasteiger partial charge in [-0.1, -0.05) is 24.3 Å². The van der Waals surface area contributed by atoms with Crippen LogP contribution in [-0.2, 0) is 6.54 Å². The molecule has 130 valence electrons. The molecule has 1 aliphatic rings. The number of rotatable bonds is 5. The number of aliphatic imine (C=N–C) groups is 1. The number of aryl methyl sites for hydroxylation is 1. The van der Waals surface area contributed by atoms with Crippen LogP contribution < -0.4 is 10.6 Å². The van der Waals surface area contributed by atoms with E-state index < -0.39 is 0 Å². The van der Waals surface area contributed by atoms with Crippen LogP contribution in [0.5, 0.6) is 0 Å². The summed E-state index contributed by atoms with van der Waals surface area (Å²) < 4.78 is 0. The highest BCUT2D eigenvalue weighted by Gasteiger charge is 2.17. The van der Waals surface area contributed by atoms with Crippen molar-refractivity contribution in [3.8, 4) is 0 Å². The lowest BCUT2D eigenvalue weighted by atomic mass is 9.99. The minimum atomic E-state index is 0. The first-order valence-electron chi connectivity index (χ1n) is 8.44. The van der Waals surface area contributed by atoms with Gasteiger partial charge < -0.3 is 15.5 Å². The molecule has 2 rings (SSSR count). The Labute approximate surface area is 158 Å². The van der Waals surface area contributed by atoms with Crippen molar-refractivity contribution in [2.75, 3.05) is 33.2 Å². The molecule has 5 heteroatoms. The van der Waals surface area contributed by atoms with E-state index >= 15 is 0 Å². The molecule has 1 aromatic carbocycles. The molecule has 1 saturated heterocycles. The van der Waals surface area contributed by atoms with Crippen LogP contribution in [-0.4, -0.2) is 44.1 Å². The predicted octanol–water partition coefficient (Wildman–Crippen LogP) is 3.01. The monoisotopic (exact) mass is 430 g/mol. The highest BCUT2D eigenvalue weighted by molar-refractivity contribution is 14.0. The Balaban J connectivity index is 0.00000264. The van der Waals surface area contributed by atoms with Crippen LogP contribution >= 0.6 is 24.0 Å². The van der Waals surface area contributed by atoms with Crippen LogP contribution in [0.2, 0.25) is 0 Å². The first kappa shape index (κ1) is 20.2. The standard InChI is InChI=1S/C18H30N4.HI/c1-4-19-18(20-12-16-9-7-11-22(3)14-16)21-13-17-10-6-5-8-15(17)2;/h5-6,8,10,16H,4,7,9,11-14H2,1-3H3,(H2,19,20,21);1H.